The minimum Gasteiger partial charge on any atom is -0.391 e. The van der Waals surface area contributed by atoms with Crippen LogP contribution in [-0.4, -0.2) is 33.1 Å². The van der Waals surface area contributed by atoms with Gasteiger partial charge in [0.2, 0.25) is 0 Å². The highest BCUT2D eigenvalue weighted by Gasteiger charge is 2.29. The third-order valence-electron chi connectivity index (χ3n) is 4.07. The Labute approximate surface area is 117 Å². The molecule has 108 valence electrons. The molecule has 1 heterocycles. The Morgan fingerprint density at radius 2 is 2.05 bits per heavy atom. The average molecular weight is 276 g/mol. The van der Waals surface area contributed by atoms with E-state index >= 15 is 0 Å². The minimum atomic E-state index is -0.472. The van der Waals surface area contributed by atoms with E-state index < -0.39 is 6.10 Å². The lowest BCUT2D eigenvalue weighted by atomic mass is 9.92. The summed E-state index contributed by atoms with van der Waals surface area (Å²) < 4.78 is 0. The fourth-order valence-corrected chi connectivity index (χ4v) is 2.65. The quantitative estimate of drug-likeness (QED) is 0.763. The molecule has 0 saturated heterocycles. The summed E-state index contributed by atoms with van der Waals surface area (Å²) in [4.78, 5) is 20.6. The average Bonchev–Trinajstić information content (AvgIpc) is 3.25. The van der Waals surface area contributed by atoms with Gasteiger partial charge in [0.1, 0.15) is 11.6 Å². The molecule has 2 saturated carbocycles. The molecular weight excluding hydrogens is 256 g/mol. The summed E-state index contributed by atoms with van der Waals surface area (Å²) in [5.74, 6) is 1.08. The molecule has 0 radical (unpaired) electrons. The van der Waals surface area contributed by atoms with Crippen molar-refractivity contribution in [2.75, 3.05) is 5.73 Å². The van der Waals surface area contributed by atoms with Gasteiger partial charge in [0.15, 0.2) is 0 Å². The molecule has 2 aliphatic rings. The molecule has 20 heavy (non-hydrogen) atoms. The molecule has 0 aromatic carbocycles. The molecule has 0 unspecified atom stereocenters. The van der Waals surface area contributed by atoms with E-state index in [4.69, 9.17) is 5.73 Å². The molecule has 0 spiro atoms. The smallest absolute Gasteiger partial charge is 0.256 e. The van der Waals surface area contributed by atoms with Crippen LogP contribution in [0.5, 0.6) is 0 Å². The Bertz CT molecular complexity index is 516. The van der Waals surface area contributed by atoms with Gasteiger partial charge in [-0.2, -0.15) is 0 Å². The summed E-state index contributed by atoms with van der Waals surface area (Å²) in [5.41, 5.74) is 6.15. The Morgan fingerprint density at radius 3 is 2.70 bits per heavy atom. The number of rotatable bonds is 3. The molecular formula is C14H20N4O2. The van der Waals surface area contributed by atoms with E-state index in [0.29, 0.717) is 11.5 Å². The van der Waals surface area contributed by atoms with Crippen LogP contribution in [0.25, 0.3) is 0 Å². The molecule has 2 aliphatic carbocycles. The molecule has 4 N–H and O–H groups in total. The van der Waals surface area contributed by atoms with Crippen molar-refractivity contribution in [2.45, 2.75) is 56.6 Å². The van der Waals surface area contributed by atoms with Gasteiger partial charge in [-0.3, -0.25) is 4.79 Å². The van der Waals surface area contributed by atoms with E-state index in [1.807, 2.05) is 0 Å². The second kappa shape index (κ2) is 5.36. The number of carbonyl (C=O) groups is 1. The zero-order valence-electron chi connectivity index (χ0n) is 11.4. The van der Waals surface area contributed by atoms with Gasteiger partial charge in [-0.05, 0) is 25.7 Å². The van der Waals surface area contributed by atoms with E-state index in [-0.39, 0.29) is 17.8 Å². The van der Waals surface area contributed by atoms with Gasteiger partial charge in [-0.25, -0.2) is 9.97 Å². The number of nitrogens with two attached hydrogens (primary N) is 1. The first-order valence-electron chi connectivity index (χ1n) is 7.26. The number of nitrogens with one attached hydrogen (secondary N) is 1. The summed E-state index contributed by atoms with van der Waals surface area (Å²) in [6.07, 6.45) is 6.79. The lowest BCUT2D eigenvalue weighted by Gasteiger charge is -2.28. The first-order chi connectivity index (χ1) is 9.65. The van der Waals surface area contributed by atoms with Crippen LogP contribution in [0.1, 0.15) is 60.6 Å². The SMILES string of the molecule is Nc1nc(C2CC2)ncc1C(=O)N[C@H]1CCCC[C@@H]1O. The summed E-state index contributed by atoms with van der Waals surface area (Å²) >= 11 is 0. The lowest BCUT2D eigenvalue weighted by molar-refractivity contribution is 0.0717. The van der Waals surface area contributed by atoms with E-state index in [1.54, 1.807) is 0 Å². The maximum Gasteiger partial charge on any atom is 0.256 e. The second-order valence-electron chi connectivity index (χ2n) is 5.73. The fourth-order valence-electron chi connectivity index (χ4n) is 2.65. The van der Waals surface area contributed by atoms with Gasteiger partial charge >= 0.3 is 0 Å². The highest BCUT2D eigenvalue weighted by molar-refractivity contribution is 5.98. The van der Waals surface area contributed by atoms with Gasteiger partial charge in [0.05, 0.1) is 17.7 Å². The van der Waals surface area contributed by atoms with Crippen molar-refractivity contribution in [1.82, 2.24) is 15.3 Å². The predicted octanol–water partition coefficient (Wildman–Crippen LogP) is 0.969. The van der Waals surface area contributed by atoms with E-state index in [0.717, 1.165) is 44.3 Å². The molecule has 6 nitrogen and oxygen atoms in total. The summed E-state index contributed by atoms with van der Waals surface area (Å²) in [6.45, 7) is 0. The summed E-state index contributed by atoms with van der Waals surface area (Å²) in [7, 11) is 0. The molecule has 2 atom stereocenters. The number of aliphatic hydroxyl groups is 1. The molecule has 6 heteroatoms. The normalized spacial score (nSPS) is 26.2. The summed E-state index contributed by atoms with van der Waals surface area (Å²) in [5, 5.41) is 12.7. The third-order valence-corrected chi connectivity index (χ3v) is 4.07. The Hall–Kier alpha value is -1.69. The Kier molecular flexibility index (Phi) is 3.56. The number of anilines is 1. The van der Waals surface area contributed by atoms with Crippen molar-refractivity contribution in [1.29, 1.82) is 0 Å². The largest absolute Gasteiger partial charge is 0.391 e. The fraction of sp³-hybridized carbons (Fsp3) is 0.643. The lowest BCUT2D eigenvalue weighted by Crippen LogP contribution is -2.45. The van der Waals surface area contributed by atoms with Gasteiger partial charge in [-0.15, -0.1) is 0 Å². The van der Waals surface area contributed by atoms with Gasteiger partial charge in [0, 0.05) is 12.1 Å². The maximum atomic E-state index is 12.2. The number of hydrogen-bond acceptors (Lipinski definition) is 5. The number of aliphatic hydroxyl groups excluding tert-OH is 1. The number of carbonyl (C=O) groups excluding carboxylic acids is 1. The molecule has 0 bridgehead atoms. The van der Waals surface area contributed by atoms with Crippen LogP contribution in [0.3, 0.4) is 0 Å². The van der Waals surface area contributed by atoms with Crippen LogP contribution in [0.15, 0.2) is 6.20 Å². The van der Waals surface area contributed by atoms with Crippen LogP contribution in [-0.2, 0) is 0 Å². The van der Waals surface area contributed by atoms with Gasteiger partial charge < -0.3 is 16.2 Å². The van der Waals surface area contributed by atoms with E-state index in [1.165, 1.54) is 6.20 Å². The van der Waals surface area contributed by atoms with Crippen LogP contribution in [0.4, 0.5) is 5.82 Å². The van der Waals surface area contributed by atoms with Crippen molar-refractivity contribution in [3.05, 3.63) is 17.6 Å². The second-order valence-corrected chi connectivity index (χ2v) is 5.73. The zero-order chi connectivity index (χ0) is 14.1. The minimum absolute atomic E-state index is 0.196. The number of amides is 1. The van der Waals surface area contributed by atoms with Crippen molar-refractivity contribution < 1.29 is 9.90 Å². The number of hydrogen-bond donors (Lipinski definition) is 3. The Morgan fingerprint density at radius 1 is 1.30 bits per heavy atom. The molecule has 1 aromatic heterocycles. The highest BCUT2D eigenvalue weighted by atomic mass is 16.3. The number of nitrogens with zero attached hydrogens (tertiary/aromatic N) is 2. The van der Waals surface area contributed by atoms with Crippen LogP contribution >= 0.6 is 0 Å². The molecule has 1 aromatic rings. The van der Waals surface area contributed by atoms with Crippen molar-refractivity contribution in [3.63, 3.8) is 0 Å². The third kappa shape index (κ3) is 2.75. The topological polar surface area (TPSA) is 101 Å². The van der Waals surface area contributed by atoms with Crippen LogP contribution < -0.4 is 11.1 Å². The Balaban J connectivity index is 1.69. The van der Waals surface area contributed by atoms with Crippen LogP contribution in [0, 0.1) is 0 Å². The zero-order valence-corrected chi connectivity index (χ0v) is 11.4. The van der Waals surface area contributed by atoms with Gasteiger partial charge in [0.25, 0.3) is 5.91 Å². The first-order valence-corrected chi connectivity index (χ1v) is 7.26. The number of aromatic nitrogens is 2. The first kappa shape index (κ1) is 13.3. The molecule has 0 aliphatic heterocycles. The van der Waals surface area contributed by atoms with Crippen LogP contribution in [0.2, 0.25) is 0 Å². The van der Waals surface area contributed by atoms with Gasteiger partial charge in [-0.1, -0.05) is 12.8 Å². The molecule has 2 fully saturated rings. The van der Waals surface area contributed by atoms with Crippen molar-refractivity contribution in [2.24, 2.45) is 0 Å². The molecule has 1 amide bonds. The number of nitrogen functional groups attached to an aromatic ring is 1. The monoisotopic (exact) mass is 276 g/mol. The maximum absolute atomic E-state index is 12.2. The highest BCUT2D eigenvalue weighted by Crippen LogP contribution is 2.38. The van der Waals surface area contributed by atoms with Crippen molar-refractivity contribution >= 4 is 11.7 Å². The van der Waals surface area contributed by atoms with E-state index in [2.05, 4.69) is 15.3 Å². The summed E-state index contributed by atoms with van der Waals surface area (Å²) in [6, 6.07) is -0.196. The van der Waals surface area contributed by atoms with Crippen molar-refractivity contribution in [3.8, 4) is 0 Å². The predicted molar refractivity (Wildman–Crippen MR) is 74.1 cm³/mol. The standard InChI is InChI=1S/C14H20N4O2/c15-12-9(7-16-13(18-12)8-5-6-8)14(20)17-10-3-1-2-4-11(10)19/h7-8,10-11,19H,1-6H2,(H,17,20)(H2,15,16,18)/t10-,11-/m0/s1. The van der Waals surface area contributed by atoms with E-state index in [9.17, 15) is 9.90 Å². The molecule has 3 rings (SSSR count).